The number of nitrogens with zero attached hydrogens (tertiary/aromatic N) is 2. The third kappa shape index (κ3) is 6.86. The number of amides is 2. The molecule has 0 saturated carbocycles. The van der Waals surface area contributed by atoms with Crippen LogP contribution in [-0.4, -0.2) is 36.3 Å². The van der Waals surface area contributed by atoms with Gasteiger partial charge in [-0.15, -0.1) is 0 Å². The maximum absolute atomic E-state index is 13.6. The number of anilines is 3. The van der Waals surface area contributed by atoms with Crippen molar-refractivity contribution < 1.29 is 9.59 Å². The maximum Gasteiger partial charge on any atom is 0.257 e. The van der Waals surface area contributed by atoms with Gasteiger partial charge in [0.05, 0.1) is 29.0 Å². The van der Waals surface area contributed by atoms with Crippen molar-refractivity contribution in [1.29, 1.82) is 0 Å². The summed E-state index contributed by atoms with van der Waals surface area (Å²) in [7, 11) is 0. The fourth-order valence-electron chi connectivity index (χ4n) is 5.10. The summed E-state index contributed by atoms with van der Waals surface area (Å²) in [5, 5.41) is 2.95. The molecule has 3 aromatic rings. The molecular formula is C32H39N3O2. The summed E-state index contributed by atoms with van der Waals surface area (Å²) in [6, 6.07) is 23.1. The molecule has 1 aliphatic heterocycles. The van der Waals surface area contributed by atoms with Gasteiger partial charge in [0, 0.05) is 13.1 Å². The summed E-state index contributed by atoms with van der Waals surface area (Å²) in [6.45, 7) is 12.5. The topological polar surface area (TPSA) is 52.7 Å². The summed E-state index contributed by atoms with van der Waals surface area (Å²) < 4.78 is 0. The zero-order valence-electron chi connectivity index (χ0n) is 22.5. The summed E-state index contributed by atoms with van der Waals surface area (Å²) in [4.78, 5) is 30.7. The highest BCUT2D eigenvalue weighted by Gasteiger charge is 2.28. The zero-order valence-corrected chi connectivity index (χ0v) is 22.5. The predicted molar refractivity (Wildman–Crippen MR) is 153 cm³/mol. The van der Waals surface area contributed by atoms with E-state index in [9.17, 15) is 9.59 Å². The molecule has 1 N–H and O–H groups in total. The lowest BCUT2D eigenvalue weighted by Crippen LogP contribution is -2.32. The smallest absolute Gasteiger partial charge is 0.257 e. The molecule has 1 aliphatic rings. The molecular weight excluding hydrogens is 458 g/mol. The number of para-hydroxylation sites is 3. The van der Waals surface area contributed by atoms with Gasteiger partial charge in [0.15, 0.2) is 0 Å². The van der Waals surface area contributed by atoms with Crippen LogP contribution in [0.15, 0.2) is 72.8 Å². The van der Waals surface area contributed by atoms with Crippen molar-refractivity contribution in [1.82, 2.24) is 4.90 Å². The van der Waals surface area contributed by atoms with Crippen LogP contribution in [-0.2, 0) is 17.6 Å². The van der Waals surface area contributed by atoms with E-state index in [4.69, 9.17) is 0 Å². The highest BCUT2D eigenvalue weighted by Crippen LogP contribution is 2.38. The van der Waals surface area contributed by atoms with Crippen LogP contribution in [0.4, 0.5) is 17.1 Å². The molecule has 0 radical (unpaired) electrons. The van der Waals surface area contributed by atoms with Gasteiger partial charge in [-0.3, -0.25) is 14.5 Å². The molecule has 0 saturated heterocycles. The van der Waals surface area contributed by atoms with Crippen molar-refractivity contribution in [3.05, 3.63) is 89.5 Å². The van der Waals surface area contributed by atoms with E-state index in [1.165, 1.54) is 5.56 Å². The van der Waals surface area contributed by atoms with Gasteiger partial charge in [-0.1, -0.05) is 76.2 Å². The van der Waals surface area contributed by atoms with Crippen molar-refractivity contribution in [2.45, 2.75) is 47.0 Å². The minimum absolute atomic E-state index is 0.0674. The third-order valence-corrected chi connectivity index (χ3v) is 6.60. The molecule has 4 rings (SSSR count). The number of benzene rings is 3. The Morgan fingerprint density at radius 1 is 0.811 bits per heavy atom. The van der Waals surface area contributed by atoms with Crippen LogP contribution < -0.4 is 10.2 Å². The number of rotatable bonds is 10. The largest absolute Gasteiger partial charge is 0.320 e. The molecule has 0 fully saturated rings. The molecule has 37 heavy (non-hydrogen) atoms. The highest BCUT2D eigenvalue weighted by molar-refractivity contribution is 6.17. The minimum atomic E-state index is -0.206. The minimum Gasteiger partial charge on any atom is -0.320 e. The number of fused-ring (bicyclic) bond motifs is 2. The Morgan fingerprint density at radius 3 is 2.08 bits per heavy atom. The van der Waals surface area contributed by atoms with Crippen LogP contribution in [0.2, 0.25) is 0 Å². The molecule has 1 heterocycles. The summed E-state index contributed by atoms with van der Waals surface area (Å²) in [5.41, 5.74) is 4.69. The number of aryl methyl sites for hydroxylation is 1. The molecule has 3 aromatic carbocycles. The number of hydrogen-bond donors (Lipinski definition) is 1. The van der Waals surface area contributed by atoms with Gasteiger partial charge in [-0.25, -0.2) is 0 Å². The summed E-state index contributed by atoms with van der Waals surface area (Å²) in [6.07, 6.45) is 2.41. The van der Waals surface area contributed by atoms with Gasteiger partial charge in [-0.2, -0.15) is 0 Å². The Bertz CT molecular complexity index is 1210. The Labute approximate surface area is 221 Å². The van der Waals surface area contributed by atoms with E-state index in [-0.39, 0.29) is 18.2 Å². The van der Waals surface area contributed by atoms with E-state index in [1.54, 1.807) is 11.0 Å². The van der Waals surface area contributed by atoms with Crippen molar-refractivity contribution >= 4 is 28.9 Å². The molecule has 5 nitrogen and oxygen atoms in total. The molecule has 0 atom stereocenters. The van der Waals surface area contributed by atoms with Gasteiger partial charge in [0.25, 0.3) is 5.91 Å². The molecule has 2 amide bonds. The Hall–Kier alpha value is -3.44. The van der Waals surface area contributed by atoms with E-state index < -0.39 is 0 Å². The van der Waals surface area contributed by atoms with Gasteiger partial charge >= 0.3 is 0 Å². The van der Waals surface area contributed by atoms with Crippen LogP contribution in [0.3, 0.4) is 0 Å². The second-order valence-electron chi connectivity index (χ2n) is 10.9. The second-order valence-corrected chi connectivity index (χ2v) is 10.9. The summed E-state index contributed by atoms with van der Waals surface area (Å²) >= 11 is 0. The van der Waals surface area contributed by atoms with E-state index in [0.717, 1.165) is 38.0 Å². The van der Waals surface area contributed by atoms with Crippen molar-refractivity contribution in [2.75, 3.05) is 29.9 Å². The fraction of sp³-hybridized carbons (Fsp3) is 0.375. The Balaban J connectivity index is 1.44. The number of carbonyl (C=O) groups is 2. The monoisotopic (exact) mass is 497 g/mol. The normalized spacial score (nSPS) is 12.9. The molecule has 0 unspecified atom stereocenters. The van der Waals surface area contributed by atoms with Crippen LogP contribution in [0, 0.1) is 11.8 Å². The standard InChI is InChI=1S/C32H39N3O2/c1-23(2)21-34(22-24(3)4)19-9-10-25-15-17-26(18-16-25)20-31(36)35-29-13-7-5-11-27(29)32(37)33-28-12-6-8-14-30(28)35/h5-8,11-18,23-24H,9-10,19-22H2,1-4H3,(H,33,37). The summed E-state index contributed by atoms with van der Waals surface area (Å²) in [5.74, 6) is 1.07. The molecule has 0 spiro atoms. The number of nitrogens with one attached hydrogen (secondary N) is 1. The van der Waals surface area contributed by atoms with Crippen LogP contribution in [0.1, 0.15) is 55.6 Å². The quantitative estimate of drug-likeness (QED) is 0.339. The lowest BCUT2D eigenvalue weighted by molar-refractivity contribution is -0.117. The number of carbonyl (C=O) groups excluding carboxylic acids is 2. The van der Waals surface area contributed by atoms with Crippen molar-refractivity contribution in [3.8, 4) is 0 Å². The zero-order chi connectivity index (χ0) is 26.4. The van der Waals surface area contributed by atoms with E-state index in [0.29, 0.717) is 34.5 Å². The van der Waals surface area contributed by atoms with Crippen molar-refractivity contribution in [3.63, 3.8) is 0 Å². The van der Waals surface area contributed by atoms with Crippen LogP contribution in [0.5, 0.6) is 0 Å². The fourth-order valence-corrected chi connectivity index (χ4v) is 5.10. The van der Waals surface area contributed by atoms with Gasteiger partial charge < -0.3 is 10.2 Å². The Kier molecular flexibility index (Phi) is 8.78. The molecule has 0 aromatic heterocycles. The first-order chi connectivity index (χ1) is 17.8. The highest BCUT2D eigenvalue weighted by atomic mass is 16.2. The van der Waals surface area contributed by atoms with E-state index in [1.807, 2.05) is 42.5 Å². The van der Waals surface area contributed by atoms with Gasteiger partial charge in [0.2, 0.25) is 5.91 Å². The molecule has 0 bridgehead atoms. The molecule has 194 valence electrons. The lowest BCUT2D eigenvalue weighted by atomic mass is 10.0. The van der Waals surface area contributed by atoms with E-state index in [2.05, 4.69) is 62.2 Å². The SMILES string of the molecule is CC(C)CN(CCCc1ccc(CC(=O)N2c3ccccc3NC(=O)c3ccccc32)cc1)CC(C)C. The average molecular weight is 498 g/mol. The third-order valence-electron chi connectivity index (χ3n) is 6.60. The first-order valence-corrected chi connectivity index (χ1v) is 13.4. The van der Waals surface area contributed by atoms with Gasteiger partial charge in [0.1, 0.15) is 0 Å². The predicted octanol–water partition coefficient (Wildman–Crippen LogP) is 6.71. The van der Waals surface area contributed by atoms with E-state index >= 15 is 0 Å². The van der Waals surface area contributed by atoms with Gasteiger partial charge in [-0.05, 0) is 66.6 Å². The number of hydrogen-bond acceptors (Lipinski definition) is 3. The second kappa shape index (κ2) is 12.2. The Morgan fingerprint density at radius 2 is 1.41 bits per heavy atom. The maximum atomic E-state index is 13.6. The van der Waals surface area contributed by atoms with Crippen LogP contribution >= 0.6 is 0 Å². The van der Waals surface area contributed by atoms with Crippen molar-refractivity contribution in [2.24, 2.45) is 11.8 Å². The molecule has 0 aliphatic carbocycles. The first kappa shape index (κ1) is 26.6. The van der Waals surface area contributed by atoms with Crippen LogP contribution in [0.25, 0.3) is 0 Å². The lowest BCUT2D eigenvalue weighted by Gasteiger charge is -2.26. The average Bonchev–Trinajstić information content (AvgIpc) is 2.98. The first-order valence-electron chi connectivity index (χ1n) is 13.4. The molecule has 5 heteroatoms.